The number of hydrogen-bond acceptors (Lipinski definition) is 4. The maximum Gasteiger partial charge on any atom is 0.181 e. The van der Waals surface area contributed by atoms with Crippen molar-refractivity contribution in [3.05, 3.63) is 78.5 Å². The average molecular weight is 390 g/mol. The molecule has 5 aromatic heterocycles. The molecule has 5 heterocycles. The first-order valence-electron chi connectivity index (χ1n) is 9.88. The Balaban J connectivity index is 1.52. The highest BCUT2D eigenvalue weighted by Crippen LogP contribution is 2.34. The highest BCUT2D eigenvalue weighted by Gasteiger charge is 2.16. The lowest BCUT2D eigenvalue weighted by atomic mass is 10.0. The fraction of sp³-hybridized carbons (Fsp3) is 0.0833. The van der Waals surface area contributed by atoms with E-state index in [1.165, 1.54) is 0 Å². The first-order valence-corrected chi connectivity index (χ1v) is 9.88. The molecule has 1 aliphatic rings. The van der Waals surface area contributed by atoms with Gasteiger partial charge in [0.05, 0.1) is 17.1 Å². The van der Waals surface area contributed by atoms with Crippen molar-refractivity contribution < 1.29 is 0 Å². The first kappa shape index (κ1) is 16.9. The maximum atomic E-state index is 4.62. The number of H-pyrrole nitrogens is 2. The van der Waals surface area contributed by atoms with Crippen LogP contribution in [0.1, 0.15) is 17.7 Å². The number of nitrogens with zero attached hydrogens (tertiary/aromatic N) is 4. The highest BCUT2D eigenvalue weighted by molar-refractivity contribution is 5.99. The van der Waals surface area contributed by atoms with Gasteiger partial charge in [-0.3, -0.25) is 15.1 Å². The number of aromatic nitrogens is 6. The minimum Gasteiger partial charge on any atom is -0.353 e. The van der Waals surface area contributed by atoms with Gasteiger partial charge in [-0.05, 0) is 48.7 Å². The van der Waals surface area contributed by atoms with E-state index in [-0.39, 0.29) is 0 Å². The van der Waals surface area contributed by atoms with Crippen LogP contribution >= 0.6 is 0 Å². The Morgan fingerprint density at radius 2 is 1.97 bits per heavy atom. The van der Waals surface area contributed by atoms with Crippen LogP contribution in [0.4, 0.5) is 0 Å². The van der Waals surface area contributed by atoms with Crippen LogP contribution in [-0.2, 0) is 0 Å². The van der Waals surface area contributed by atoms with Gasteiger partial charge in [-0.25, -0.2) is 4.98 Å². The summed E-state index contributed by atoms with van der Waals surface area (Å²) in [6.07, 6.45) is 14.8. The molecule has 1 aliphatic carbocycles. The average Bonchev–Trinajstić information content (AvgIpc) is 3.51. The Hall–Kier alpha value is -4.06. The van der Waals surface area contributed by atoms with E-state index in [0.29, 0.717) is 5.65 Å². The van der Waals surface area contributed by atoms with Crippen LogP contribution in [-0.4, -0.2) is 30.1 Å². The molecule has 0 amide bonds. The topological polar surface area (TPSA) is 83.1 Å². The molecule has 6 nitrogen and oxygen atoms in total. The second-order valence-electron chi connectivity index (χ2n) is 7.49. The minimum absolute atomic E-state index is 0.689. The Morgan fingerprint density at radius 3 is 2.83 bits per heavy atom. The summed E-state index contributed by atoms with van der Waals surface area (Å²) in [6, 6.07) is 8.27. The fourth-order valence-electron chi connectivity index (χ4n) is 4.07. The number of nitrogens with one attached hydrogen (secondary N) is 2. The summed E-state index contributed by atoms with van der Waals surface area (Å²) in [4.78, 5) is 17.0. The van der Waals surface area contributed by atoms with E-state index in [1.807, 2.05) is 30.7 Å². The zero-order chi connectivity index (χ0) is 20.1. The molecule has 144 valence electrons. The van der Waals surface area contributed by atoms with Crippen LogP contribution in [0.25, 0.3) is 50.0 Å². The highest BCUT2D eigenvalue weighted by atomic mass is 15.2. The largest absolute Gasteiger partial charge is 0.353 e. The van der Waals surface area contributed by atoms with Gasteiger partial charge in [0, 0.05) is 52.2 Å². The number of aryl methyl sites for hydroxylation is 1. The third-order valence-corrected chi connectivity index (χ3v) is 5.62. The summed E-state index contributed by atoms with van der Waals surface area (Å²) in [7, 11) is 0. The van der Waals surface area contributed by atoms with Gasteiger partial charge in [-0.1, -0.05) is 18.2 Å². The molecule has 0 radical (unpaired) electrons. The normalized spacial score (nSPS) is 13.4. The van der Waals surface area contributed by atoms with Gasteiger partial charge in [0.25, 0.3) is 0 Å². The van der Waals surface area contributed by atoms with Crippen LogP contribution < -0.4 is 0 Å². The van der Waals surface area contributed by atoms with Crippen molar-refractivity contribution in [2.75, 3.05) is 0 Å². The van der Waals surface area contributed by atoms with E-state index in [1.54, 1.807) is 6.20 Å². The van der Waals surface area contributed by atoms with E-state index in [4.69, 9.17) is 0 Å². The standard InChI is InChI=1S/C24H18N6/c1-14-6-8-25-13-19(14)16-10-18-23(29-30-24(18)27-12-16)21-11-17-20(28-21)7-9-26-22(17)15-4-2-3-5-15/h2,4-13,28H,3H2,1H3,(H,27,29,30). The fourth-order valence-corrected chi connectivity index (χ4v) is 4.07. The molecule has 0 fully saturated rings. The number of pyridine rings is 3. The summed E-state index contributed by atoms with van der Waals surface area (Å²) < 4.78 is 0. The predicted octanol–water partition coefficient (Wildman–Crippen LogP) is 5.21. The van der Waals surface area contributed by atoms with Gasteiger partial charge >= 0.3 is 0 Å². The molecule has 0 unspecified atom stereocenters. The molecular formula is C24H18N6. The minimum atomic E-state index is 0.689. The molecule has 0 aromatic carbocycles. The van der Waals surface area contributed by atoms with Gasteiger partial charge in [0.15, 0.2) is 5.65 Å². The Morgan fingerprint density at radius 1 is 1.00 bits per heavy atom. The number of rotatable bonds is 3. The van der Waals surface area contributed by atoms with Gasteiger partial charge in [-0.15, -0.1) is 0 Å². The zero-order valence-electron chi connectivity index (χ0n) is 16.3. The van der Waals surface area contributed by atoms with Crippen molar-refractivity contribution in [2.45, 2.75) is 13.3 Å². The third-order valence-electron chi connectivity index (χ3n) is 5.62. The SMILES string of the molecule is Cc1ccncc1-c1cnc2n[nH]c(-c3cc4c(C5=CCC=C5)nccc4[nH]3)c2c1. The molecule has 0 aliphatic heterocycles. The van der Waals surface area contributed by atoms with Crippen molar-refractivity contribution in [1.82, 2.24) is 30.1 Å². The Kier molecular flexibility index (Phi) is 3.64. The van der Waals surface area contributed by atoms with Crippen LogP contribution in [0.3, 0.4) is 0 Å². The van der Waals surface area contributed by atoms with Crippen molar-refractivity contribution >= 4 is 27.5 Å². The summed E-state index contributed by atoms with van der Waals surface area (Å²) in [5, 5.41) is 9.64. The molecule has 0 atom stereocenters. The number of aromatic amines is 2. The van der Waals surface area contributed by atoms with Crippen molar-refractivity contribution in [3.63, 3.8) is 0 Å². The van der Waals surface area contributed by atoms with Crippen LogP contribution in [0.5, 0.6) is 0 Å². The Labute approximate surface area is 172 Å². The molecule has 6 heteroatoms. The lowest BCUT2D eigenvalue weighted by Gasteiger charge is -2.04. The van der Waals surface area contributed by atoms with Crippen LogP contribution in [0.2, 0.25) is 0 Å². The molecule has 2 N–H and O–H groups in total. The second-order valence-corrected chi connectivity index (χ2v) is 7.49. The molecular weight excluding hydrogens is 372 g/mol. The quantitative estimate of drug-likeness (QED) is 0.443. The summed E-state index contributed by atoms with van der Waals surface area (Å²) in [5.74, 6) is 0. The molecule has 0 spiro atoms. The molecule has 5 aromatic rings. The van der Waals surface area contributed by atoms with Crippen LogP contribution in [0.15, 0.2) is 67.3 Å². The van der Waals surface area contributed by atoms with E-state index < -0.39 is 0 Å². The molecule has 6 rings (SSSR count). The molecule has 0 saturated carbocycles. The number of allylic oxidation sites excluding steroid dienone is 4. The lowest BCUT2D eigenvalue weighted by molar-refractivity contribution is 1.10. The van der Waals surface area contributed by atoms with Crippen molar-refractivity contribution in [3.8, 4) is 22.5 Å². The van der Waals surface area contributed by atoms with E-state index in [0.717, 1.165) is 62.1 Å². The number of hydrogen-bond donors (Lipinski definition) is 2. The molecule has 0 bridgehead atoms. The Bertz CT molecular complexity index is 1480. The van der Waals surface area contributed by atoms with Gasteiger partial charge < -0.3 is 4.98 Å². The van der Waals surface area contributed by atoms with Gasteiger partial charge in [0.1, 0.15) is 0 Å². The second kappa shape index (κ2) is 6.49. The first-order chi connectivity index (χ1) is 14.8. The summed E-state index contributed by atoms with van der Waals surface area (Å²) >= 11 is 0. The smallest absolute Gasteiger partial charge is 0.181 e. The summed E-state index contributed by atoms with van der Waals surface area (Å²) in [6.45, 7) is 2.08. The third kappa shape index (κ3) is 2.58. The molecule has 0 saturated heterocycles. The van der Waals surface area contributed by atoms with E-state index in [9.17, 15) is 0 Å². The van der Waals surface area contributed by atoms with Gasteiger partial charge in [-0.2, -0.15) is 5.10 Å². The van der Waals surface area contributed by atoms with Gasteiger partial charge in [0.2, 0.25) is 0 Å². The summed E-state index contributed by atoms with van der Waals surface area (Å²) in [5.41, 5.74) is 9.03. The predicted molar refractivity (Wildman–Crippen MR) is 119 cm³/mol. The van der Waals surface area contributed by atoms with E-state index in [2.05, 4.69) is 67.4 Å². The molecule has 30 heavy (non-hydrogen) atoms. The maximum absolute atomic E-state index is 4.62. The lowest BCUT2D eigenvalue weighted by Crippen LogP contribution is -1.87. The van der Waals surface area contributed by atoms with Crippen molar-refractivity contribution in [2.24, 2.45) is 0 Å². The van der Waals surface area contributed by atoms with Crippen molar-refractivity contribution in [1.29, 1.82) is 0 Å². The van der Waals surface area contributed by atoms with E-state index >= 15 is 0 Å². The van der Waals surface area contributed by atoms with Crippen LogP contribution in [0, 0.1) is 6.92 Å². The zero-order valence-corrected chi connectivity index (χ0v) is 16.3. The monoisotopic (exact) mass is 390 g/mol. The number of fused-ring (bicyclic) bond motifs is 2.